The number of aromatic nitrogens is 4. The van der Waals surface area contributed by atoms with Gasteiger partial charge in [-0.1, -0.05) is 30.3 Å². The van der Waals surface area contributed by atoms with E-state index in [1.165, 1.54) is 12.3 Å². The van der Waals surface area contributed by atoms with Crippen LogP contribution in [0.25, 0.3) is 5.65 Å². The number of rotatable bonds is 2. The molecule has 178 valence electrons. The Morgan fingerprint density at radius 1 is 1.17 bits per heavy atom. The maximum Gasteiger partial charge on any atom is 0.257 e. The Hall–Kier alpha value is -4.21. The van der Waals surface area contributed by atoms with Gasteiger partial charge in [-0.2, -0.15) is 5.10 Å². The minimum absolute atomic E-state index is 0.0970. The molecule has 2 aliphatic heterocycles. The normalized spacial score (nSPS) is 19.6. The van der Waals surface area contributed by atoms with Gasteiger partial charge in [0.15, 0.2) is 17.2 Å². The van der Waals surface area contributed by atoms with Gasteiger partial charge in [0.2, 0.25) is 5.88 Å². The van der Waals surface area contributed by atoms with Gasteiger partial charge in [0.1, 0.15) is 24.6 Å². The van der Waals surface area contributed by atoms with Crippen molar-refractivity contribution in [3.8, 4) is 11.6 Å². The van der Waals surface area contributed by atoms with Crippen molar-refractivity contribution in [2.24, 2.45) is 0 Å². The average Bonchev–Trinajstić information content (AvgIpc) is 3.27. The van der Waals surface area contributed by atoms with Crippen LogP contribution in [0.2, 0.25) is 0 Å². The molecule has 0 spiro atoms. The number of benzene rings is 1. The molecular weight excluding hydrogens is 451 g/mol. The number of pyridine rings is 1. The van der Waals surface area contributed by atoms with Gasteiger partial charge in [-0.25, -0.2) is 18.9 Å². The van der Waals surface area contributed by atoms with Crippen molar-refractivity contribution in [2.75, 3.05) is 18.1 Å². The summed E-state index contributed by atoms with van der Waals surface area (Å²) in [5, 5.41) is 7.21. The summed E-state index contributed by atoms with van der Waals surface area (Å²) < 4.78 is 27.9. The standard InChI is InChI=1S/C25H23FN6O3/c1-15-13-35-25-17(8-18(26)9-27-25)11-31-19(7-16-5-3-2-4-6-16)14-34-21-12-32-22(30-23(21)31)20(10-28-32)24(33)29-15/h2-6,8-10,12,15,19H,7,11,13-14H2,1H3,(H,29,33)/t15-,19-/m1/s1. The third-order valence-corrected chi connectivity index (χ3v) is 6.22. The Morgan fingerprint density at radius 2 is 2.03 bits per heavy atom. The van der Waals surface area contributed by atoms with Crippen molar-refractivity contribution < 1.29 is 18.7 Å². The van der Waals surface area contributed by atoms with Crippen LogP contribution in [0.3, 0.4) is 0 Å². The molecule has 0 aliphatic carbocycles. The van der Waals surface area contributed by atoms with E-state index in [4.69, 9.17) is 14.5 Å². The van der Waals surface area contributed by atoms with Gasteiger partial charge in [-0.15, -0.1) is 0 Å². The zero-order valence-electron chi connectivity index (χ0n) is 19.0. The topological polar surface area (TPSA) is 93.9 Å². The van der Waals surface area contributed by atoms with Crippen LogP contribution in [0.5, 0.6) is 11.6 Å². The minimum atomic E-state index is -0.451. The molecule has 10 heteroatoms. The van der Waals surface area contributed by atoms with E-state index in [1.807, 2.05) is 25.1 Å². The highest BCUT2D eigenvalue weighted by Gasteiger charge is 2.32. The molecule has 5 heterocycles. The van der Waals surface area contributed by atoms with Crippen LogP contribution in [-0.2, 0) is 13.0 Å². The van der Waals surface area contributed by atoms with Crippen LogP contribution in [0.4, 0.5) is 10.2 Å². The molecule has 1 aromatic carbocycles. The van der Waals surface area contributed by atoms with Crippen LogP contribution in [0.15, 0.2) is 55.0 Å². The number of hydrogen-bond donors (Lipinski definition) is 1. The number of nitrogens with zero attached hydrogens (tertiary/aromatic N) is 5. The lowest BCUT2D eigenvalue weighted by Crippen LogP contribution is -2.45. The molecule has 0 fully saturated rings. The van der Waals surface area contributed by atoms with Crippen molar-refractivity contribution >= 4 is 17.4 Å². The summed E-state index contributed by atoms with van der Waals surface area (Å²) in [6, 6.07) is 11.1. The van der Waals surface area contributed by atoms with Gasteiger partial charge >= 0.3 is 0 Å². The number of ether oxygens (including phenoxy) is 2. The van der Waals surface area contributed by atoms with Gasteiger partial charge in [0, 0.05) is 5.56 Å². The molecule has 0 radical (unpaired) electrons. The second-order valence-electron chi connectivity index (χ2n) is 8.84. The highest BCUT2D eigenvalue weighted by Crippen LogP contribution is 2.36. The molecule has 2 aliphatic rings. The number of hydrogen-bond acceptors (Lipinski definition) is 7. The zero-order valence-corrected chi connectivity index (χ0v) is 19.0. The molecule has 1 amide bonds. The molecule has 9 nitrogen and oxygen atoms in total. The lowest BCUT2D eigenvalue weighted by molar-refractivity contribution is 0.0927. The Morgan fingerprint density at radius 3 is 2.89 bits per heavy atom. The molecule has 35 heavy (non-hydrogen) atoms. The van der Waals surface area contributed by atoms with E-state index in [0.29, 0.717) is 53.8 Å². The number of amides is 1. The maximum atomic E-state index is 14.3. The molecule has 0 unspecified atom stereocenters. The first-order valence-corrected chi connectivity index (χ1v) is 11.4. The van der Waals surface area contributed by atoms with Crippen LogP contribution in [-0.4, -0.2) is 50.8 Å². The first kappa shape index (κ1) is 21.3. The van der Waals surface area contributed by atoms with E-state index in [-0.39, 0.29) is 24.6 Å². The number of carbonyl (C=O) groups excluding carboxylic acids is 1. The van der Waals surface area contributed by atoms with Crippen molar-refractivity contribution in [1.29, 1.82) is 0 Å². The van der Waals surface area contributed by atoms with Crippen molar-refractivity contribution in [3.63, 3.8) is 0 Å². The van der Waals surface area contributed by atoms with E-state index in [9.17, 15) is 9.18 Å². The van der Waals surface area contributed by atoms with Gasteiger partial charge in [-0.3, -0.25) is 4.79 Å². The SMILES string of the molecule is C[C@@H]1COc2ncc(F)cc2CN2c3nc4c(cnn4cc3OC[C@H]2Cc2ccccc2)C(=O)N1. The molecule has 1 N–H and O–H groups in total. The summed E-state index contributed by atoms with van der Waals surface area (Å²) >= 11 is 0. The van der Waals surface area contributed by atoms with Gasteiger partial charge in [0.05, 0.1) is 37.2 Å². The second-order valence-corrected chi connectivity index (χ2v) is 8.84. The molecule has 6 rings (SSSR count). The fraction of sp³-hybridized carbons (Fsp3) is 0.280. The smallest absolute Gasteiger partial charge is 0.257 e. The summed E-state index contributed by atoms with van der Waals surface area (Å²) in [5.74, 6) is 0.655. The van der Waals surface area contributed by atoms with Crippen molar-refractivity contribution in [1.82, 2.24) is 24.9 Å². The molecule has 4 aromatic rings. The van der Waals surface area contributed by atoms with E-state index >= 15 is 0 Å². The van der Waals surface area contributed by atoms with Crippen molar-refractivity contribution in [3.05, 3.63) is 77.5 Å². The van der Waals surface area contributed by atoms with E-state index in [1.54, 1.807) is 10.7 Å². The molecule has 2 atom stereocenters. The monoisotopic (exact) mass is 474 g/mol. The van der Waals surface area contributed by atoms with E-state index < -0.39 is 5.82 Å². The number of nitrogens with one attached hydrogen (secondary N) is 1. The summed E-state index contributed by atoms with van der Waals surface area (Å²) in [4.78, 5) is 24.1. The van der Waals surface area contributed by atoms with Gasteiger partial charge in [-0.05, 0) is 25.0 Å². The Bertz CT molecular complexity index is 1410. The third kappa shape index (κ3) is 4.01. The first-order chi connectivity index (χ1) is 17.0. The Labute approximate surface area is 200 Å². The summed E-state index contributed by atoms with van der Waals surface area (Å²) in [5.41, 5.74) is 2.50. The van der Waals surface area contributed by atoms with Crippen LogP contribution in [0, 0.1) is 5.82 Å². The highest BCUT2D eigenvalue weighted by atomic mass is 19.1. The molecule has 3 aromatic heterocycles. The fourth-order valence-electron chi connectivity index (χ4n) is 4.50. The molecular formula is C25H23FN6O3. The first-order valence-electron chi connectivity index (χ1n) is 11.4. The summed E-state index contributed by atoms with van der Waals surface area (Å²) in [6.07, 6.45) is 5.04. The number of fused-ring (bicyclic) bond motifs is 1. The van der Waals surface area contributed by atoms with Gasteiger partial charge in [0.25, 0.3) is 5.91 Å². The van der Waals surface area contributed by atoms with E-state index in [0.717, 1.165) is 11.8 Å². The maximum absolute atomic E-state index is 14.3. The molecule has 2 bridgehead atoms. The third-order valence-electron chi connectivity index (χ3n) is 6.22. The predicted octanol–water partition coefficient (Wildman–Crippen LogP) is 2.78. The lowest BCUT2D eigenvalue weighted by atomic mass is 10.0. The van der Waals surface area contributed by atoms with Crippen LogP contribution >= 0.6 is 0 Å². The highest BCUT2D eigenvalue weighted by molar-refractivity contribution is 6.00. The minimum Gasteiger partial charge on any atom is -0.486 e. The second kappa shape index (κ2) is 8.53. The number of carbonyl (C=O) groups is 1. The Balaban J connectivity index is 1.51. The zero-order chi connectivity index (χ0) is 23.9. The number of halogens is 1. The number of anilines is 1. The summed E-state index contributed by atoms with van der Waals surface area (Å²) in [7, 11) is 0. The quantitative estimate of drug-likeness (QED) is 0.478. The molecule has 0 saturated heterocycles. The Kier molecular flexibility index (Phi) is 5.20. The fourth-order valence-corrected chi connectivity index (χ4v) is 4.50. The average molecular weight is 474 g/mol. The van der Waals surface area contributed by atoms with Crippen molar-refractivity contribution in [2.45, 2.75) is 32.0 Å². The molecule has 0 saturated carbocycles. The largest absolute Gasteiger partial charge is 0.486 e. The van der Waals surface area contributed by atoms with Crippen LogP contribution in [0.1, 0.15) is 28.4 Å². The van der Waals surface area contributed by atoms with Crippen LogP contribution < -0.4 is 19.7 Å². The van der Waals surface area contributed by atoms with Gasteiger partial charge < -0.3 is 19.7 Å². The summed E-state index contributed by atoms with van der Waals surface area (Å²) in [6.45, 7) is 2.71. The lowest BCUT2D eigenvalue weighted by Gasteiger charge is -2.38. The predicted molar refractivity (Wildman–Crippen MR) is 125 cm³/mol. The van der Waals surface area contributed by atoms with E-state index in [2.05, 4.69) is 32.4 Å².